The Labute approximate surface area is 154 Å². The highest BCUT2D eigenvalue weighted by Crippen LogP contribution is 2.27. The predicted octanol–water partition coefficient (Wildman–Crippen LogP) is 3.42. The van der Waals surface area contributed by atoms with Gasteiger partial charge in [-0.05, 0) is 47.9 Å². The number of nitrogens with one attached hydrogen (secondary N) is 2. The minimum absolute atomic E-state index is 0.152. The normalized spacial score (nSPS) is 10.2. The topological polar surface area (TPSA) is 93.2 Å². The second-order valence-electron chi connectivity index (χ2n) is 5.40. The third kappa shape index (κ3) is 4.04. The first kappa shape index (κ1) is 17.6. The van der Waals surface area contributed by atoms with E-state index in [-0.39, 0.29) is 11.8 Å². The molecule has 0 fully saturated rings. The van der Waals surface area contributed by atoms with Crippen LogP contribution in [0.15, 0.2) is 48.5 Å². The second kappa shape index (κ2) is 7.75. The number of rotatable bonds is 5. The Kier molecular flexibility index (Phi) is 5.23. The van der Waals surface area contributed by atoms with Gasteiger partial charge in [-0.1, -0.05) is 16.6 Å². The van der Waals surface area contributed by atoms with Crippen molar-refractivity contribution in [3.8, 4) is 17.0 Å². The van der Waals surface area contributed by atoms with E-state index in [2.05, 4.69) is 20.2 Å². The highest BCUT2D eigenvalue weighted by Gasteiger charge is 2.18. The molecule has 3 rings (SSSR count). The number of ether oxygens (including phenoxy) is 1. The van der Waals surface area contributed by atoms with Gasteiger partial charge in [0, 0.05) is 23.9 Å². The highest BCUT2D eigenvalue weighted by atomic mass is 32.1. The van der Waals surface area contributed by atoms with Gasteiger partial charge >= 0.3 is 0 Å². The molecule has 2 amide bonds. The van der Waals surface area contributed by atoms with E-state index in [0.717, 1.165) is 17.1 Å². The molecule has 1 heterocycles. The van der Waals surface area contributed by atoms with E-state index in [1.165, 1.54) is 6.92 Å². The Morgan fingerprint density at radius 1 is 1.04 bits per heavy atom. The maximum Gasteiger partial charge on any atom is 0.269 e. The van der Waals surface area contributed by atoms with Crippen molar-refractivity contribution in [2.45, 2.75) is 6.92 Å². The molecular weight excluding hydrogens is 352 g/mol. The van der Waals surface area contributed by atoms with Crippen molar-refractivity contribution in [2.75, 3.05) is 17.7 Å². The zero-order valence-electron chi connectivity index (χ0n) is 14.1. The number of carbonyl (C=O) groups excluding carboxylic acids is 2. The molecule has 2 aromatic carbocycles. The molecule has 0 radical (unpaired) electrons. The Bertz CT molecular complexity index is 938. The zero-order chi connectivity index (χ0) is 18.5. The lowest BCUT2D eigenvalue weighted by Gasteiger charge is -2.07. The van der Waals surface area contributed by atoms with E-state index in [4.69, 9.17) is 4.74 Å². The smallest absolute Gasteiger partial charge is 0.269 e. The second-order valence-corrected chi connectivity index (χ2v) is 6.15. The monoisotopic (exact) mass is 368 g/mol. The Balaban J connectivity index is 1.79. The van der Waals surface area contributed by atoms with Crippen LogP contribution in [0.3, 0.4) is 0 Å². The SMILES string of the molecule is COc1cccc(-c2nnsc2C(=O)Nc2ccc(NC(C)=O)cc2)c1. The lowest BCUT2D eigenvalue weighted by atomic mass is 10.1. The molecule has 0 saturated heterocycles. The summed E-state index contributed by atoms with van der Waals surface area (Å²) in [5.41, 5.74) is 2.52. The third-order valence-corrected chi connectivity index (χ3v) is 4.23. The van der Waals surface area contributed by atoms with Gasteiger partial charge in [-0.2, -0.15) is 0 Å². The lowest BCUT2D eigenvalue weighted by Crippen LogP contribution is -2.12. The number of hydrogen-bond acceptors (Lipinski definition) is 6. The van der Waals surface area contributed by atoms with E-state index in [1.54, 1.807) is 37.4 Å². The number of carbonyl (C=O) groups is 2. The first-order valence-corrected chi connectivity index (χ1v) is 8.50. The van der Waals surface area contributed by atoms with E-state index in [9.17, 15) is 9.59 Å². The molecule has 0 unspecified atom stereocenters. The Morgan fingerprint density at radius 3 is 2.38 bits per heavy atom. The number of methoxy groups -OCH3 is 1. The average Bonchev–Trinajstić information content (AvgIpc) is 3.13. The van der Waals surface area contributed by atoms with Crippen molar-refractivity contribution in [2.24, 2.45) is 0 Å². The maximum atomic E-state index is 12.6. The minimum Gasteiger partial charge on any atom is -0.497 e. The van der Waals surface area contributed by atoms with Gasteiger partial charge in [0.1, 0.15) is 16.3 Å². The molecular formula is C18H16N4O3S. The Hall–Kier alpha value is -3.26. The van der Waals surface area contributed by atoms with Crippen LogP contribution in [0.4, 0.5) is 11.4 Å². The van der Waals surface area contributed by atoms with Gasteiger partial charge in [-0.3, -0.25) is 9.59 Å². The summed E-state index contributed by atoms with van der Waals surface area (Å²) < 4.78 is 9.12. The largest absolute Gasteiger partial charge is 0.497 e. The van der Waals surface area contributed by atoms with Crippen LogP contribution < -0.4 is 15.4 Å². The van der Waals surface area contributed by atoms with E-state index < -0.39 is 0 Å². The van der Waals surface area contributed by atoms with E-state index in [0.29, 0.717) is 27.7 Å². The molecule has 2 N–H and O–H groups in total. The van der Waals surface area contributed by atoms with Crippen molar-refractivity contribution < 1.29 is 14.3 Å². The molecule has 26 heavy (non-hydrogen) atoms. The lowest BCUT2D eigenvalue weighted by molar-refractivity contribution is -0.114. The molecule has 0 saturated carbocycles. The van der Waals surface area contributed by atoms with Gasteiger partial charge in [0.2, 0.25) is 5.91 Å². The summed E-state index contributed by atoms with van der Waals surface area (Å²) in [7, 11) is 1.58. The summed E-state index contributed by atoms with van der Waals surface area (Å²) in [6.45, 7) is 1.44. The van der Waals surface area contributed by atoms with Crippen molar-refractivity contribution in [3.63, 3.8) is 0 Å². The van der Waals surface area contributed by atoms with Gasteiger partial charge in [-0.15, -0.1) is 5.10 Å². The third-order valence-electron chi connectivity index (χ3n) is 3.50. The summed E-state index contributed by atoms with van der Waals surface area (Å²) >= 11 is 1.03. The molecule has 7 nitrogen and oxygen atoms in total. The van der Waals surface area contributed by atoms with Crippen LogP contribution >= 0.6 is 11.5 Å². The first-order chi connectivity index (χ1) is 12.6. The van der Waals surface area contributed by atoms with Gasteiger partial charge in [0.15, 0.2) is 0 Å². The number of benzene rings is 2. The molecule has 0 spiro atoms. The standard InChI is InChI=1S/C18H16N4O3S/c1-11(23)19-13-6-8-14(9-7-13)20-18(24)17-16(21-22-26-17)12-4-3-5-15(10-12)25-2/h3-10H,1-2H3,(H,19,23)(H,20,24). The van der Waals surface area contributed by atoms with Crippen LogP contribution in [0.5, 0.6) is 5.75 Å². The first-order valence-electron chi connectivity index (χ1n) is 7.72. The van der Waals surface area contributed by atoms with Crippen LogP contribution in [0, 0.1) is 0 Å². The highest BCUT2D eigenvalue weighted by molar-refractivity contribution is 7.08. The Morgan fingerprint density at radius 2 is 1.73 bits per heavy atom. The van der Waals surface area contributed by atoms with Crippen LogP contribution in [0.25, 0.3) is 11.3 Å². The summed E-state index contributed by atoms with van der Waals surface area (Å²) in [5, 5.41) is 9.56. The summed E-state index contributed by atoms with van der Waals surface area (Å²) in [6.07, 6.45) is 0. The summed E-state index contributed by atoms with van der Waals surface area (Å²) in [5.74, 6) is 0.223. The quantitative estimate of drug-likeness (QED) is 0.720. The van der Waals surface area contributed by atoms with Crippen LogP contribution in [0.1, 0.15) is 16.6 Å². The number of aromatic nitrogens is 2. The molecule has 0 aliphatic carbocycles. The van der Waals surface area contributed by atoms with Gasteiger partial charge < -0.3 is 15.4 Å². The zero-order valence-corrected chi connectivity index (χ0v) is 15.0. The fourth-order valence-corrected chi connectivity index (χ4v) is 2.91. The number of hydrogen-bond donors (Lipinski definition) is 2. The minimum atomic E-state index is -0.301. The van der Waals surface area contributed by atoms with Crippen LogP contribution in [-0.4, -0.2) is 28.5 Å². The maximum absolute atomic E-state index is 12.6. The van der Waals surface area contributed by atoms with E-state index in [1.807, 2.05) is 18.2 Å². The predicted molar refractivity (Wildman–Crippen MR) is 101 cm³/mol. The molecule has 1 aromatic heterocycles. The molecule has 3 aromatic rings. The van der Waals surface area contributed by atoms with Crippen molar-refractivity contribution in [3.05, 3.63) is 53.4 Å². The number of nitrogens with zero attached hydrogens (tertiary/aromatic N) is 2. The van der Waals surface area contributed by atoms with Gasteiger partial charge in [0.05, 0.1) is 7.11 Å². The van der Waals surface area contributed by atoms with E-state index >= 15 is 0 Å². The average molecular weight is 368 g/mol. The van der Waals surface area contributed by atoms with Gasteiger partial charge in [0.25, 0.3) is 5.91 Å². The van der Waals surface area contributed by atoms with Gasteiger partial charge in [-0.25, -0.2) is 0 Å². The molecule has 0 bridgehead atoms. The fraction of sp³-hybridized carbons (Fsp3) is 0.111. The van der Waals surface area contributed by atoms with Crippen molar-refractivity contribution in [1.82, 2.24) is 9.59 Å². The summed E-state index contributed by atoms with van der Waals surface area (Å²) in [4.78, 5) is 24.1. The molecule has 132 valence electrons. The molecule has 0 aliphatic rings. The number of amides is 2. The van der Waals surface area contributed by atoms with Crippen molar-refractivity contribution in [1.29, 1.82) is 0 Å². The molecule has 0 atom stereocenters. The van der Waals surface area contributed by atoms with Crippen molar-refractivity contribution >= 4 is 34.7 Å². The molecule has 0 aliphatic heterocycles. The fourth-order valence-electron chi connectivity index (χ4n) is 2.33. The number of anilines is 2. The molecule has 8 heteroatoms. The van der Waals surface area contributed by atoms with Crippen LogP contribution in [0.2, 0.25) is 0 Å². The summed E-state index contributed by atoms with van der Waals surface area (Å²) in [6, 6.07) is 14.1. The van der Waals surface area contributed by atoms with Crippen LogP contribution in [-0.2, 0) is 4.79 Å².